The van der Waals surface area contributed by atoms with Crippen LogP contribution in [0.5, 0.6) is 0 Å². The van der Waals surface area contributed by atoms with Gasteiger partial charge in [0.05, 0.1) is 12.1 Å². The third-order valence-corrected chi connectivity index (χ3v) is 3.12. The molecule has 1 aliphatic heterocycles. The number of fused-ring (bicyclic) bond motifs is 1. The molecular formula is C12H17N3O2. The van der Waals surface area contributed by atoms with Crippen LogP contribution in [-0.4, -0.2) is 34.6 Å². The molecule has 1 unspecified atom stereocenters. The maximum atomic E-state index is 10.7. The molecule has 2 rings (SSSR count). The van der Waals surface area contributed by atoms with E-state index in [0.29, 0.717) is 6.54 Å². The van der Waals surface area contributed by atoms with Gasteiger partial charge in [-0.1, -0.05) is 6.07 Å². The Bertz CT molecular complexity index is 434. The van der Waals surface area contributed by atoms with Crippen molar-refractivity contribution in [3.05, 3.63) is 29.1 Å². The second-order valence-electron chi connectivity index (χ2n) is 4.58. The molecule has 0 saturated carbocycles. The Hall–Kier alpha value is -1.46. The molecule has 5 heteroatoms. The molecule has 0 fully saturated rings. The van der Waals surface area contributed by atoms with E-state index in [0.717, 1.165) is 24.3 Å². The topological polar surface area (TPSA) is 79.5 Å². The van der Waals surface area contributed by atoms with Gasteiger partial charge in [-0.15, -0.1) is 0 Å². The third-order valence-electron chi connectivity index (χ3n) is 3.12. The number of pyridine rings is 1. The smallest absolute Gasteiger partial charge is 0.304 e. The van der Waals surface area contributed by atoms with Crippen LogP contribution >= 0.6 is 0 Å². The fraction of sp³-hybridized carbons (Fsp3) is 0.500. The Morgan fingerprint density at radius 3 is 3.06 bits per heavy atom. The lowest BCUT2D eigenvalue weighted by molar-refractivity contribution is -0.137. The number of carboxylic acid groups (broad SMARTS) is 1. The molecule has 0 amide bonds. The van der Waals surface area contributed by atoms with Crippen LogP contribution in [0.25, 0.3) is 0 Å². The summed E-state index contributed by atoms with van der Waals surface area (Å²) in [6, 6.07) is 2.05. The van der Waals surface area contributed by atoms with Crippen LogP contribution in [0.4, 0.5) is 0 Å². The number of nitrogens with zero attached hydrogens (tertiary/aromatic N) is 2. The molecule has 0 aliphatic carbocycles. The Morgan fingerprint density at radius 2 is 2.41 bits per heavy atom. The van der Waals surface area contributed by atoms with Gasteiger partial charge >= 0.3 is 5.97 Å². The third kappa shape index (κ3) is 2.62. The number of aliphatic carboxylic acids is 1. The van der Waals surface area contributed by atoms with Crippen molar-refractivity contribution in [3.8, 4) is 0 Å². The minimum atomic E-state index is -0.821. The number of carbonyl (C=O) groups is 1. The van der Waals surface area contributed by atoms with Gasteiger partial charge in [0.2, 0.25) is 0 Å². The Kier molecular flexibility index (Phi) is 3.40. The number of hydrogen-bond donors (Lipinski definition) is 2. The van der Waals surface area contributed by atoms with E-state index in [-0.39, 0.29) is 12.3 Å². The van der Waals surface area contributed by atoms with Gasteiger partial charge in [-0.05, 0) is 24.7 Å². The fourth-order valence-corrected chi connectivity index (χ4v) is 2.21. The quantitative estimate of drug-likeness (QED) is 0.796. The van der Waals surface area contributed by atoms with E-state index in [2.05, 4.69) is 9.88 Å². The Balaban J connectivity index is 2.22. The van der Waals surface area contributed by atoms with E-state index < -0.39 is 5.97 Å². The molecule has 0 saturated heterocycles. The number of aromatic nitrogens is 1. The second-order valence-corrected chi connectivity index (χ2v) is 4.58. The molecule has 0 spiro atoms. The van der Waals surface area contributed by atoms with Crippen LogP contribution in [0.1, 0.15) is 29.2 Å². The molecule has 0 aromatic carbocycles. The molecule has 1 aromatic rings. The van der Waals surface area contributed by atoms with E-state index in [1.165, 1.54) is 5.56 Å². The largest absolute Gasteiger partial charge is 0.481 e. The van der Waals surface area contributed by atoms with Crippen molar-refractivity contribution >= 4 is 5.97 Å². The summed E-state index contributed by atoms with van der Waals surface area (Å²) < 4.78 is 0. The van der Waals surface area contributed by atoms with Crippen molar-refractivity contribution in [3.63, 3.8) is 0 Å². The first-order valence-electron chi connectivity index (χ1n) is 5.68. The summed E-state index contributed by atoms with van der Waals surface area (Å²) in [5.74, 6) is -0.964. The number of carboxylic acids is 1. The molecule has 0 bridgehead atoms. The van der Waals surface area contributed by atoms with Crippen LogP contribution < -0.4 is 5.73 Å². The van der Waals surface area contributed by atoms with Gasteiger partial charge in [0, 0.05) is 25.2 Å². The van der Waals surface area contributed by atoms with E-state index in [4.69, 9.17) is 10.8 Å². The van der Waals surface area contributed by atoms with Crippen LogP contribution in [0.3, 0.4) is 0 Å². The van der Waals surface area contributed by atoms with E-state index >= 15 is 0 Å². The highest BCUT2D eigenvalue weighted by atomic mass is 16.4. The van der Waals surface area contributed by atoms with Crippen molar-refractivity contribution in [1.29, 1.82) is 0 Å². The highest BCUT2D eigenvalue weighted by molar-refractivity contribution is 5.68. The number of rotatable bonds is 4. The Morgan fingerprint density at radius 1 is 1.65 bits per heavy atom. The van der Waals surface area contributed by atoms with Crippen molar-refractivity contribution < 1.29 is 9.90 Å². The maximum Gasteiger partial charge on any atom is 0.304 e. The SMILES string of the molecule is CN1Cc2cc(C(CN)CC(=O)O)cnc2C1. The fourth-order valence-electron chi connectivity index (χ4n) is 2.21. The molecule has 1 aromatic heterocycles. The molecule has 5 nitrogen and oxygen atoms in total. The predicted octanol–water partition coefficient (Wildman–Crippen LogP) is 0.544. The predicted molar refractivity (Wildman–Crippen MR) is 63.5 cm³/mol. The second kappa shape index (κ2) is 4.81. The highest BCUT2D eigenvalue weighted by Gasteiger charge is 2.20. The van der Waals surface area contributed by atoms with E-state index in [1.807, 2.05) is 13.1 Å². The first-order chi connectivity index (χ1) is 8.10. The van der Waals surface area contributed by atoms with Gasteiger partial charge in [0.25, 0.3) is 0 Å². The van der Waals surface area contributed by atoms with Crippen LogP contribution in [0.2, 0.25) is 0 Å². The van der Waals surface area contributed by atoms with Gasteiger partial charge in [-0.25, -0.2) is 0 Å². The molecule has 17 heavy (non-hydrogen) atoms. The average Bonchev–Trinajstić information content (AvgIpc) is 2.64. The van der Waals surface area contributed by atoms with E-state index in [1.54, 1.807) is 6.20 Å². The van der Waals surface area contributed by atoms with Gasteiger partial charge in [0.1, 0.15) is 0 Å². The number of nitrogens with two attached hydrogens (primary N) is 1. The number of hydrogen-bond acceptors (Lipinski definition) is 4. The first kappa shape index (κ1) is 12.0. The standard InChI is InChI=1S/C12H17N3O2/c1-15-6-10-2-9(5-14-11(10)7-15)8(4-13)3-12(16)17/h2,5,8H,3-4,6-7,13H2,1H3,(H,16,17). The van der Waals surface area contributed by atoms with Gasteiger partial charge < -0.3 is 10.8 Å². The molecule has 0 radical (unpaired) electrons. The lowest BCUT2D eigenvalue weighted by Crippen LogP contribution is -2.16. The molecule has 1 atom stereocenters. The summed E-state index contributed by atoms with van der Waals surface area (Å²) in [4.78, 5) is 17.3. The monoisotopic (exact) mass is 235 g/mol. The van der Waals surface area contributed by atoms with Crippen molar-refractivity contribution in [2.24, 2.45) is 5.73 Å². The zero-order chi connectivity index (χ0) is 12.4. The lowest BCUT2D eigenvalue weighted by Gasteiger charge is -2.13. The summed E-state index contributed by atoms with van der Waals surface area (Å²) in [5, 5.41) is 8.83. The van der Waals surface area contributed by atoms with Crippen LogP contribution in [0.15, 0.2) is 12.3 Å². The molecule has 1 aliphatic rings. The summed E-state index contributed by atoms with van der Waals surface area (Å²) in [6.45, 7) is 2.07. The molecule has 2 heterocycles. The van der Waals surface area contributed by atoms with Crippen molar-refractivity contribution in [1.82, 2.24) is 9.88 Å². The normalized spacial score (nSPS) is 16.8. The Labute approximate surface area is 100 Å². The summed E-state index contributed by atoms with van der Waals surface area (Å²) in [6.07, 6.45) is 1.82. The zero-order valence-corrected chi connectivity index (χ0v) is 9.89. The van der Waals surface area contributed by atoms with Crippen molar-refractivity contribution in [2.75, 3.05) is 13.6 Å². The average molecular weight is 235 g/mol. The lowest BCUT2D eigenvalue weighted by atomic mass is 9.96. The van der Waals surface area contributed by atoms with Crippen molar-refractivity contribution in [2.45, 2.75) is 25.4 Å². The van der Waals surface area contributed by atoms with Gasteiger partial charge in [-0.2, -0.15) is 0 Å². The summed E-state index contributed by atoms with van der Waals surface area (Å²) >= 11 is 0. The van der Waals surface area contributed by atoms with E-state index in [9.17, 15) is 4.79 Å². The first-order valence-corrected chi connectivity index (χ1v) is 5.68. The van der Waals surface area contributed by atoms with Gasteiger partial charge in [-0.3, -0.25) is 14.7 Å². The maximum absolute atomic E-state index is 10.7. The van der Waals surface area contributed by atoms with Gasteiger partial charge in [0.15, 0.2) is 0 Å². The highest BCUT2D eigenvalue weighted by Crippen LogP contribution is 2.25. The van der Waals surface area contributed by atoms with Crippen LogP contribution in [0, 0.1) is 0 Å². The molecule has 92 valence electrons. The molecule has 3 N–H and O–H groups in total. The summed E-state index contributed by atoms with van der Waals surface area (Å²) in [7, 11) is 2.04. The minimum Gasteiger partial charge on any atom is -0.481 e. The summed E-state index contributed by atoms with van der Waals surface area (Å²) in [5.41, 5.74) is 8.83. The molecular weight excluding hydrogens is 218 g/mol. The van der Waals surface area contributed by atoms with Crippen LogP contribution in [-0.2, 0) is 17.9 Å². The zero-order valence-electron chi connectivity index (χ0n) is 9.89. The minimum absolute atomic E-state index is 0.0623.